The van der Waals surface area contributed by atoms with Crippen LogP contribution in [0.1, 0.15) is 39.2 Å². The molecule has 1 saturated heterocycles. The summed E-state index contributed by atoms with van der Waals surface area (Å²) in [5, 5.41) is 9.28. The summed E-state index contributed by atoms with van der Waals surface area (Å²) in [6.07, 6.45) is 1.43. The Morgan fingerprint density at radius 1 is 1.18 bits per heavy atom. The lowest BCUT2D eigenvalue weighted by atomic mass is 9.74. The lowest BCUT2D eigenvalue weighted by Gasteiger charge is -2.35. The molecule has 120 valence electrons. The molecule has 0 bridgehead atoms. The van der Waals surface area contributed by atoms with E-state index in [9.17, 15) is 14.7 Å². The molecule has 22 heavy (non-hydrogen) atoms. The molecule has 1 fully saturated rings. The van der Waals surface area contributed by atoms with Gasteiger partial charge in [-0.1, -0.05) is 51.1 Å². The van der Waals surface area contributed by atoms with Crippen molar-refractivity contribution in [1.82, 2.24) is 4.90 Å². The zero-order valence-corrected chi connectivity index (χ0v) is 13.6. The largest absolute Gasteiger partial charge is 0.481 e. The lowest BCUT2D eigenvalue weighted by Crippen LogP contribution is -2.45. The number of benzene rings is 1. The second-order valence-corrected chi connectivity index (χ2v) is 6.29. The van der Waals surface area contributed by atoms with Crippen LogP contribution in [-0.4, -0.2) is 35.0 Å². The molecule has 0 saturated carbocycles. The standard InChI is InChI=1S/C18H25NO3/c1-4-18(5-2,14-9-7-6-8-10-14)17(22)19-11-13(3)15(12-19)16(20)21/h6-10,13,15H,4-5,11-12H2,1-3H3,(H,20,21)/t13-,15-/m1/s1. The molecule has 4 nitrogen and oxygen atoms in total. The topological polar surface area (TPSA) is 57.6 Å². The Hall–Kier alpha value is -1.84. The third kappa shape index (κ3) is 2.74. The molecule has 0 spiro atoms. The molecular formula is C18H25NO3. The number of likely N-dealkylation sites (tertiary alicyclic amines) is 1. The van der Waals surface area contributed by atoms with Crippen molar-refractivity contribution in [2.45, 2.75) is 39.0 Å². The Bertz CT molecular complexity index is 537. The molecule has 1 aliphatic heterocycles. The van der Waals surface area contributed by atoms with Crippen LogP contribution in [0.2, 0.25) is 0 Å². The van der Waals surface area contributed by atoms with Gasteiger partial charge in [0.05, 0.1) is 11.3 Å². The number of nitrogens with zero attached hydrogens (tertiary/aromatic N) is 1. The van der Waals surface area contributed by atoms with Crippen LogP contribution in [0.4, 0.5) is 0 Å². The van der Waals surface area contributed by atoms with E-state index in [1.54, 1.807) is 4.90 Å². The maximum atomic E-state index is 13.2. The fraction of sp³-hybridized carbons (Fsp3) is 0.556. The average molecular weight is 303 g/mol. The SMILES string of the molecule is CCC(CC)(C(=O)N1C[C@@H](C)[C@H](C(=O)O)C1)c1ccccc1. The maximum absolute atomic E-state index is 13.2. The number of hydrogen-bond donors (Lipinski definition) is 1. The molecule has 2 atom stereocenters. The van der Waals surface area contributed by atoms with Gasteiger partial charge in [-0.25, -0.2) is 0 Å². The van der Waals surface area contributed by atoms with Crippen LogP contribution in [0.25, 0.3) is 0 Å². The van der Waals surface area contributed by atoms with Gasteiger partial charge in [0.2, 0.25) is 5.91 Å². The van der Waals surface area contributed by atoms with E-state index in [0.29, 0.717) is 13.1 Å². The molecular weight excluding hydrogens is 278 g/mol. The first-order valence-corrected chi connectivity index (χ1v) is 8.04. The van der Waals surface area contributed by atoms with Gasteiger partial charge in [-0.15, -0.1) is 0 Å². The van der Waals surface area contributed by atoms with Crippen molar-refractivity contribution < 1.29 is 14.7 Å². The third-order valence-electron chi connectivity index (χ3n) is 5.16. The fourth-order valence-corrected chi connectivity index (χ4v) is 3.60. The predicted octanol–water partition coefficient (Wildman–Crippen LogP) is 2.92. The second kappa shape index (κ2) is 6.51. The summed E-state index contributed by atoms with van der Waals surface area (Å²) in [5.41, 5.74) is 0.477. The average Bonchev–Trinajstić information content (AvgIpc) is 2.92. The minimum absolute atomic E-state index is 0.00337. The summed E-state index contributed by atoms with van der Waals surface area (Å²) in [6, 6.07) is 9.85. The van der Waals surface area contributed by atoms with Crippen molar-refractivity contribution in [3.8, 4) is 0 Å². The van der Waals surface area contributed by atoms with Crippen molar-refractivity contribution in [1.29, 1.82) is 0 Å². The van der Waals surface area contributed by atoms with E-state index in [2.05, 4.69) is 0 Å². The number of amides is 1. The first kappa shape index (κ1) is 16.5. The van der Waals surface area contributed by atoms with Gasteiger partial charge >= 0.3 is 5.97 Å². The van der Waals surface area contributed by atoms with Crippen LogP contribution in [-0.2, 0) is 15.0 Å². The molecule has 1 heterocycles. The minimum atomic E-state index is -0.805. The number of aliphatic carboxylic acids is 1. The van der Waals surface area contributed by atoms with Crippen molar-refractivity contribution >= 4 is 11.9 Å². The zero-order chi connectivity index (χ0) is 16.3. The summed E-state index contributed by atoms with van der Waals surface area (Å²) in [5.74, 6) is -1.19. The highest BCUT2D eigenvalue weighted by molar-refractivity contribution is 5.89. The highest BCUT2D eigenvalue weighted by atomic mass is 16.4. The van der Waals surface area contributed by atoms with E-state index in [0.717, 1.165) is 18.4 Å². The molecule has 0 aliphatic carbocycles. The Labute approximate surface area is 132 Å². The van der Waals surface area contributed by atoms with Crippen LogP contribution in [0, 0.1) is 11.8 Å². The Morgan fingerprint density at radius 2 is 1.77 bits per heavy atom. The molecule has 0 unspecified atom stereocenters. The molecule has 0 radical (unpaired) electrons. The summed E-state index contributed by atoms with van der Waals surface area (Å²) in [6.45, 7) is 6.83. The van der Waals surface area contributed by atoms with Crippen LogP contribution in [0.5, 0.6) is 0 Å². The van der Waals surface area contributed by atoms with Gasteiger partial charge in [-0.05, 0) is 24.3 Å². The number of carboxylic acids is 1. The van der Waals surface area contributed by atoms with Crippen LogP contribution in [0.15, 0.2) is 30.3 Å². The lowest BCUT2D eigenvalue weighted by molar-refractivity contribution is -0.142. The van der Waals surface area contributed by atoms with Gasteiger partial charge in [0.1, 0.15) is 0 Å². The molecule has 4 heteroatoms. The quantitative estimate of drug-likeness (QED) is 0.910. The van der Waals surface area contributed by atoms with E-state index < -0.39 is 17.3 Å². The number of rotatable bonds is 5. The molecule has 2 rings (SSSR count). The number of carbonyl (C=O) groups excluding carboxylic acids is 1. The molecule has 1 aliphatic rings. The highest BCUT2D eigenvalue weighted by Crippen LogP contribution is 2.36. The predicted molar refractivity (Wildman–Crippen MR) is 85.6 cm³/mol. The van der Waals surface area contributed by atoms with Crippen molar-refractivity contribution in [3.63, 3.8) is 0 Å². The Morgan fingerprint density at radius 3 is 2.23 bits per heavy atom. The van der Waals surface area contributed by atoms with E-state index in [1.165, 1.54) is 0 Å². The van der Waals surface area contributed by atoms with Crippen molar-refractivity contribution in [2.24, 2.45) is 11.8 Å². The molecule has 1 N–H and O–H groups in total. The van der Waals surface area contributed by atoms with Gasteiger partial charge in [0.15, 0.2) is 0 Å². The van der Waals surface area contributed by atoms with E-state index in [1.807, 2.05) is 51.1 Å². The summed E-state index contributed by atoms with van der Waals surface area (Å²) in [7, 11) is 0. The number of carbonyl (C=O) groups is 2. The third-order valence-corrected chi connectivity index (χ3v) is 5.16. The van der Waals surface area contributed by atoms with Gasteiger partial charge < -0.3 is 10.0 Å². The number of hydrogen-bond acceptors (Lipinski definition) is 2. The zero-order valence-electron chi connectivity index (χ0n) is 13.6. The van der Waals surface area contributed by atoms with Gasteiger partial charge in [0.25, 0.3) is 0 Å². The van der Waals surface area contributed by atoms with E-state index >= 15 is 0 Å². The van der Waals surface area contributed by atoms with E-state index in [4.69, 9.17) is 0 Å². The molecule has 1 amide bonds. The van der Waals surface area contributed by atoms with Gasteiger partial charge in [-0.2, -0.15) is 0 Å². The van der Waals surface area contributed by atoms with Gasteiger partial charge in [-0.3, -0.25) is 9.59 Å². The first-order valence-electron chi connectivity index (χ1n) is 8.04. The van der Waals surface area contributed by atoms with Crippen molar-refractivity contribution in [3.05, 3.63) is 35.9 Å². The molecule has 1 aromatic rings. The monoisotopic (exact) mass is 303 g/mol. The summed E-state index contributed by atoms with van der Waals surface area (Å²) in [4.78, 5) is 26.2. The Kier molecular flexibility index (Phi) is 4.89. The van der Waals surface area contributed by atoms with E-state index in [-0.39, 0.29) is 11.8 Å². The molecule has 1 aromatic carbocycles. The maximum Gasteiger partial charge on any atom is 0.308 e. The van der Waals surface area contributed by atoms with Gasteiger partial charge in [0, 0.05) is 13.1 Å². The second-order valence-electron chi connectivity index (χ2n) is 6.29. The molecule has 0 aromatic heterocycles. The van der Waals surface area contributed by atoms with Crippen LogP contribution >= 0.6 is 0 Å². The summed E-state index contributed by atoms with van der Waals surface area (Å²) < 4.78 is 0. The number of carboxylic acid groups (broad SMARTS) is 1. The highest BCUT2D eigenvalue weighted by Gasteiger charge is 2.44. The van der Waals surface area contributed by atoms with Crippen LogP contribution < -0.4 is 0 Å². The normalized spacial score (nSPS) is 21.9. The first-order chi connectivity index (χ1) is 10.5. The summed E-state index contributed by atoms with van der Waals surface area (Å²) >= 11 is 0. The Balaban J connectivity index is 2.31. The minimum Gasteiger partial charge on any atom is -0.481 e. The fourth-order valence-electron chi connectivity index (χ4n) is 3.60. The van der Waals surface area contributed by atoms with Crippen LogP contribution in [0.3, 0.4) is 0 Å². The van der Waals surface area contributed by atoms with Crippen molar-refractivity contribution in [2.75, 3.05) is 13.1 Å². The smallest absolute Gasteiger partial charge is 0.308 e.